The van der Waals surface area contributed by atoms with Crippen LogP contribution in [0.3, 0.4) is 0 Å². The van der Waals surface area contributed by atoms with E-state index in [4.69, 9.17) is 4.74 Å². The van der Waals surface area contributed by atoms with Crippen LogP contribution in [0.1, 0.15) is 47.3 Å². The van der Waals surface area contributed by atoms with E-state index in [0.29, 0.717) is 16.9 Å². The number of carbonyl (C=O) groups is 2. The van der Waals surface area contributed by atoms with Gasteiger partial charge in [-0.05, 0) is 36.2 Å². The molecule has 0 spiro atoms. The van der Waals surface area contributed by atoms with Crippen LogP contribution in [0.4, 0.5) is 0 Å². The maximum Gasteiger partial charge on any atom is 0.258 e. The summed E-state index contributed by atoms with van der Waals surface area (Å²) in [4.78, 5) is 24.8. The zero-order chi connectivity index (χ0) is 20.5. The maximum absolute atomic E-state index is 12.4. The van der Waals surface area contributed by atoms with Gasteiger partial charge in [-0.3, -0.25) is 9.59 Å². The molecule has 4 nitrogen and oxygen atoms in total. The van der Waals surface area contributed by atoms with Gasteiger partial charge in [0.25, 0.3) is 5.91 Å². The molecule has 1 amide bonds. The monoisotopic (exact) mass is 387 g/mol. The molecule has 29 heavy (non-hydrogen) atoms. The smallest absolute Gasteiger partial charge is 0.258 e. The number of nitrogens with one attached hydrogen (secondary N) is 1. The molecule has 0 bridgehead atoms. The van der Waals surface area contributed by atoms with Crippen molar-refractivity contribution in [1.82, 2.24) is 5.32 Å². The molecule has 148 valence electrons. The van der Waals surface area contributed by atoms with E-state index in [9.17, 15) is 9.59 Å². The Labute approximate surface area is 171 Å². The van der Waals surface area contributed by atoms with Gasteiger partial charge in [0.15, 0.2) is 12.4 Å². The molecule has 3 rings (SSSR count). The fourth-order valence-electron chi connectivity index (χ4n) is 3.14. The Morgan fingerprint density at radius 1 is 0.828 bits per heavy atom. The lowest BCUT2D eigenvalue weighted by Crippen LogP contribution is -2.32. The van der Waals surface area contributed by atoms with Crippen molar-refractivity contribution < 1.29 is 14.3 Å². The fourth-order valence-corrected chi connectivity index (χ4v) is 3.14. The van der Waals surface area contributed by atoms with Crippen molar-refractivity contribution in [2.75, 3.05) is 6.61 Å². The van der Waals surface area contributed by atoms with Crippen LogP contribution < -0.4 is 10.1 Å². The van der Waals surface area contributed by atoms with Gasteiger partial charge >= 0.3 is 0 Å². The van der Waals surface area contributed by atoms with Crippen LogP contribution in [-0.4, -0.2) is 18.3 Å². The lowest BCUT2D eigenvalue weighted by Gasteiger charge is -2.18. The Bertz CT molecular complexity index is 921. The van der Waals surface area contributed by atoms with Gasteiger partial charge < -0.3 is 10.1 Å². The van der Waals surface area contributed by atoms with Gasteiger partial charge in [-0.15, -0.1) is 0 Å². The van der Waals surface area contributed by atoms with E-state index in [0.717, 1.165) is 18.4 Å². The lowest BCUT2D eigenvalue weighted by molar-refractivity contribution is -0.123. The predicted molar refractivity (Wildman–Crippen MR) is 114 cm³/mol. The Hall–Kier alpha value is -3.40. The minimum atomic E-state index is -0.170. The average molecular weight is 387 g/mol. The Balaban J connectivity index is 1.55. The summed E-state index contributed by atoms with van der Waals surface area (Å²) in [5, 5.41) is 3.04. The lowest BCUT2D eigenvalue weighted by atomic mass is 10.0. The highest BCUT2D eigenvalue weighted by Crippen LogP contribution is 2.19. The van der Waals surface area contributed by atoms with E-state index in [-0.39, 0.29) is 24.3 Å². The van der Waals surface area contributed by atoms with Crippen molar-refractivity contribution >= 4 is 11.7 Å². The van der Waals surface area contributed by atoms with Crippen molar-refractivity contribution in [2.45, 2.75) is 25.8 Å². The van der Waals surface area contributed by atoms with Crippen LogP contribution in [0.2, 0.25) is 0 Å². The number of hydrogen-bond acceptors (Lipinski definition) is 3. The molecule has 0 radical (unpaired) electrons. The van der Waals surface area contributed by atoms with Gasteiger partial charge in [-0.2, -0.15) is 0 Å². The normalized spacial score (nSPS) is 11.5. The van der Waals surface area contributed by atoms with Crippen molar-refractivity contribution in [3.63, 3.8) is 0 Å². The van der Waals surface area contributed by atoms with Crippen molar-refractivity contribution in [3.8, 4) is 5.75 Å². The Morgan fingerprint density at radius 2 is 1.41 bits per heavy atom. The molecule has 0 aliphatic heterocycles. The molecule has 0 aliphatic rings. The van der Waals surface area contributed by atoms with Gasteiger partial charge in [0.05, 0.1) is 6.04 Å². The molecule has 0 heterocycles. The second-order valence-corrected chi connectivity index (χ2v) is 6.83. The number of amides is 1. The standard InChI is InChI=1S/C25H25NO3/c1-2-9-23(19-10-5-3-6-11-19)26-24(27)18-29-22-16-14-21(15-17-22)25(28)20-12-7-4-8-13-20/h3-8,10-17,23H,2,9,18H2,1H3,(H,26,27)/t23-/m1/s1. The number of ketones is 1. The summed E-state index contributed by atoms with van der Waals surface area (Å²) in [6, 6.07) is 25.9. The first-order valence-electron chi connectivity index (χ1n) is 9.84. The number of benzene rings is 3. The molecule has 0 aromatic heterocycles. The van der Waals surface area contributed by atoms with E-state index < -0.39 is 0 Å². The minimum absolute atomic E-state index is 0.0248. The highest BCUT2D eigenvalue weighted by Gasteiger charge is 2.14. The zero-order valence-corrected chi connectivity index (χ0v) is 16.5. The molecular formula is C25H25NO3. The first kappa shape index (κ1) is 20.3. The third kappa shape index (κ3) is 5.79. The summed E-state index contributed by atoms with van der Waals surface area (Å²) in [6.45, 7) is 2.02. The highest BCUT2D eigenvalue weighted by molar-refractivity contribution is 6.08. The molecule has 0 saturated heterocycles. The third-order valence-corrected chi connectivity index (χ3v) is 4.64. The molecule has 4 heteroatoms. The average Bonchev–Trinajstić information content (AvgIpc) is 2.78. The van der Waals surface area contributed by atoms with Gasteiger partial charge in [0, 0.05) is 11.1 Å². The topological polar surface area (TPSA) is 55.4 Å². The van der Waals surface area contributed by atoms with E-state index in [2.05, 4.69) is 12.2 Å². The van der Waals surface area contributed by atoms with Gasteiger partial charge in [0.2, 0.25) is 0 Å². The summed E-state index contributed by atoms with van der Waals surface area (Å²) in [5.41, 5.74) is 2.31. The number of carbonyl (C=O) groups excluding carboxylic acids is 2. The molecule has 0 unspecified atom stereocenters. The minimum Gasteiger partial charge on any atom is -0.484 e. The van der Waals surface area contributed by atoms with Crippen LogP contribution in [0.15, 0.2) is 84.9 Å². The Kier molecular flexibility index (Phi) is 7.17. The first-order valence-corrected chi connectivity index (χ1v) is 9.84. The Morgan fingerprint density at radius 3 is 2.03 bits per heavy atom. The van der Waals surface area contributed by atoms with E-state index in [1.807, 2.05) is 48.5 Å². The van der Waals surface area contributed by atoms with Gasteiger partial charge in [0.1, 0.15) is 5.75 Å². The molecule has 0 aliphatic carbocycles. The second kappa shape index (κ2) is 10.2. The number of ether oxygens (including phenoxy) is 1. The summed E-state index contributed by atoms with van der Waals surface area (Å²) < 4.78 is 5.60. The summed E-state index contributed by atoms with van der Waals surface area (Å²) in [5.74, 6) is 0.341. The van der Waals surface area contributed by atoms with E-state index >= 15 is 0 Å². The zero-order valence-electron chi connectivity index (χ0n) is 16.5. The van der Waals surface area contributed by atoms with Crippen molar-refractivity contribution in [3.05, 3.63) is 102 Å². The number of rotatable bonds is 9. The summed E-state index contributed by atoms with van der Waals surface area (Å²) in [6.07, 6.45) is 1.84. The second-order valence-electron chi connectivity index (χ2n) is 6.83. The molecule has 0 saturated carbocycles. The SMILES string of the molecule is CCC[C@@H](NC(=O)COc1ccc(C(=O)c2ccccc2)cc1)c1ccccc1. The van der Waals surface area contributed by atoms with E-state index in [1.54, 1.807) is 36.4 Å². The van der Waals surface area contributed by atoms with Crippen molar-refractivity contribution in [1.29, 1.82) is 0 Å². The molecule has 0 fully saturated rings. The molecule has 3 aromatic rings. The third-order valence-electron chi connectivity index (χ3n) is 4.64. The van der Waals surface area contributed by atoms with E-state index in [1.165, 1.54) is 0 Å². The largest absolute Gasteiger partial charge is 0.484 e. The first-order chi connectivity index (χ1) is 14.2. The van der Waals surface area contributed by atoms with Crippen LogP contribution >= 0.6 is 0 Å². The number of hydrogen-bond donors (Lipinski definition) is 1. The predicted octanol–water partition coefficient (Wildman–Crippen LogP) is 4.95. The molecule has 1 atom stereocenters. The fraction of sp³-hybridized carbons (Fsp3) is 0.200. The van der Waals surface area contributed by atoms with Crippen LogP contribution in [0.5, 0.6) is 5.75 Å². The summed E-state index contributed by atoms with van der Waals surface area (Å²) in [7, 11) is 0. The van der Waals surface area contributed by atoms with Crippen LogP contribution in [-0.2, 0) is 4.79 Å². The maximum atomic E-state index is 12.4. The molecular weight excluding hydrogens is 362 g/mol. The van der Waals surface area contributed by atoms with Crippen LogP contribution in [0, 0.1) is 0 Å². The van der Waals surface area contributed by atoms with Crippen LogP contribution in [0.25, 0.3) is 0 Å². The molecule has 1 N–H and O–H groups in total. The summed E-state index contributed by atoms with van der Waals surface area (Å²) >= 11 is 0. The van der Waals surface area contributed by atoms with Crippen molar-refractivity contribution in [2.24, 2.45) is 0 Å². The van der Waals surface area contributed by atoms with Gasteiger partial charge in [-0.25, -0.2) is 0 Å². The molecule has 3 aromatic carbocycles. The van der Waals surface area contributed by atoms with Gasteiger partial charge in [-0.1, -0.05) is 74.0 Å². The highest BCUT2D eigenvalue weighted by atomic mass is 16.5. The quantitative estimate of drug-likeness (QED) is 0.528.